The second-order valence-electron chi connectivity index (χ2n) is 11.5. The number of hydrogen-bond acceptors (Lipinski definition) is 7. The van der Waals surface area contributed by atoms with Gasteiger partial charge >= 0.3 is 0 Å². The smallest absolute Gasteiger partial charge is 0.274 e. The van der Waals surface area contributed by atoms with Crippen molar-refractivity contribution in [1.82, 2.24) is 14.5 Å². The Kier molecular flexibility index (Phi) is 8.58. The summed E-state index contributed by atoms with van der Waals surface area (Å²) in [6.07, 6.45) is 9.98. The number of carbonyl (C=O) groups is 1. The molecule has 0 saturated carbocycles. The maximum absolute atomic E-state index is 15.8. The predicted molar refractivity (Wildman–Crippen MR) is 172 cm³/mol. The number of thiophene rings is 1. The van der Waals surface area contributed by atoms with Crippen molar-refractivity contribution in [3.63, 3.8) is 0 Å². The van der Waals surface area contributed by atoms with Gasteiger partial charge in [-0.3, -0.25) is 9.59 Å². The number of halogens is 1. The maximum Gasteiger partial charge on any atom is 0.274 e. The molecule has 0 radical (unpaired) electrons. The fourth-order valence-electron chi connectivity index (χ4n) is 5.85. The molecule has 1 aliphatic heterocycles. The van der Waals surface area contributed by atoms with E-state index < -0.39 is 5.82 Å². The molecule has 6 rings (SSSR count). The van der Waals surface area contributed by atoms with Crippen molar-refractivity contribution < 1.29 is 9.18 Å². The molecule has 0 bridgehead atoms. The van der Waals surface area contributed by atoms with Gasteiger partial charge in [-0.25, -0.2) is 9.37 Å². The van der Waals surface area contributed by atoms with Crippen LogP contribution in [0.3, 0.4) is 0 Å². The Morgan fingerprint density at radius 1 is 0.953 bits per heavy atom. The highest BCUT2D eigenvalue weighted by molar-refractivity contribution is 7.14. The number of pyridine rings is 2. The Balaban J connectivity index is 1.21. The molecule has 224 valence electrons. The zero-order valence-electron chi connectivity index (χ0n) is 24.7. The van der Waals surface area contributed by atoms with E-state index in [1.165, 1.54) is 32.8 Å². The number of hydrogen-bond donors (Lipinski definition) is 2. The Morgan fingerprint density at radius 2 is 1.81 bits per heavy atom. The summed E-state index contributed by atoms with van der Waals surface area (Å²) >= 11 is 1.51. The largest absolute Gasteiger partial charge is 0.369 e. The number of benzene rings is 1. The lowest BCUT2D eigenvalue weighted by atomic mass is 10.1. The van der Waals surface area contributed by atoms with E-state index in [9.17, 15) is 9.59 Å². The average Bonchev–Trinajstić information content (AvgIpc) is 3.12. The molecule has 1 aromatic carbocycles. The molecule has 2 aliphatic rings. The van der Waals surface area contributed by atoms with Crippen LogP contribution in [0.25, 0.3) is 11.1 Å². The molecule has 1 amide bonds. The zero-order chi connectivity index (χ0) is 29.9. The SMILES string of the molecule is CN1CCCN(c2ccc(Nc3cc(-c4cccc(NC(=O)c5cc6c(s5)CCCCC6)c4F)cn(C)c3=O)nc2)CC1. The highest BCUT2D eigenvalue weighted by Crippen LogP contribution is 2.32. The Hall–Kier alpha value is -4.02. The van der Waals surface area contributed by atoms with E-state index >= 15 is 4.39 Å². The highest BCUT2D eigenvalue weighted by atomic mass is 32.1. The van der Waals surface area contributed by atoms with E-state index in [2.05, 4.69) is 32.5 Å². The molecule has 4 heterocycles. The minimum absolute atomic E-state index is 0.103. The minimum atomic E-state index is -0.552. The summed E-state index contributed by atoms with van der Waals surface area (Å²) in [5.41, 5.74) is 3.20. The fraction of sp³-hybridized carbons (Fsp3) is 0.364. The number of carbonyl (C=O) groups excluding carboxylic acids is 1. The van der Waals surface area contributed by atoms with Crippen LogP contribution in [0, 0.1) is 5.82 Å². The van der Waals surface area contributed by atoms with Crippen molar-refractivity contribution in [3.8, 4) is 11.1 Å². The van der Waals surface area contributed by atoms with Crippen LogP contribution < -0.4 is 21.1 Å². The molecule has 1 aliphatic carbocycles. The van der Waals surface area contributed by atoms with Crippen LogP contribution in [0.15, 0.2) is 59.7 Å². The van der Waals surface area contributed by atoms with E-state index in [4.69, 9.17) is 0 Å². The van der Waals surface area contributed by atoms with Gasteiger partial charge in [0.25, 0.3) is 11.5 Å². The normalized spacial score (nSPS) is 15.8. The molecule has 0 unspecified atom stereocenters. The number of aromatic nitrogens is 2. The quantitative estimate of drug-likeness (QED) is 0.262. The lowest BCUT2D eigenvalue weighted by Gasteiger charge is -2.22. The van der Waals surface area contributed by atoms with E-state index in [0.717, 1.165) is 64.0 Å². The summed E-state index contributed by atoms with van der Waals surface area (Å²) in [6, 6.07) is 12.4. The summed E-state index contributed by atoms with van der Waals surface area (Å²) in [5, 5.41) is 5.90. The third kappa shape index (κ3) is 6.50. The van der Waals surface area contributed by atoms with Crippen LogP contribution in [0.1, 0.15) is 45.8 Å². The number of fused-ring (bicyclic) bond motifs is 1. The summed E-state index contributed by atoms with van der Waals surface area (Å²) < 4.78 is 17.3. The maximum atomic E-state index is 15.8. The van der Waals surface area contributed by atoms with Crippen molar-refractivity contribution >= 4 is 40.1 Å². The van der Waals surface area contributed by atoms with E-state index in [1.54, 1.807) is 37.5 Å². The molecular formula is C33H37FN6O2S. The van der Waals surface area contributed by atoms with Gasteiger partial charge in [-0.2, -0.15) is 0 Å². The zero-order valence-corrected chi connectivity index (χ0v) is 25.5. The molecule has 43 heavy (non-hydrogen) atoms. The van der Waals surface area contributed by atoms with Crippen molar-refractivity contribution in [2.75, 3.05) is 48.8 Å². The van der Waals surface area contributed by atoms with E-state index in [-0.39, 0.29) is 28.4 Å². The van der Waals surface area contributed by atoms with Crippen molar-refractivity contribution in [2.24, 2.45) is 7.05 Å². The van der Waals surface area contributed by atoms with Gasteiger partial charge < -0.3 is 25.0 Å². The standard InChI is InChI=1S/C33H37FN6O2S/c1-38-14-7-15-40(17-16-38)24-12-13-30(35-20-24)36-27-18-23(21-39(2)33(27)42)25-9-6-10-26(31(25)34)37-32(41)29-19-22-8-4-3-5-11-28(22)43-29/h6,9-10,12-13,18-21H,3-5,7-8,11,14-17H2,1-2H3,(H,35,36)(H,37,41). The Bertz CT molecular complexity index is 1660. The van der Waals surface area contributed by atoms with Gasteiger partial charge in [0, 0.05) is 48.9 Å². The number of amides is 1. The molecule has 2 N–H and O–H groups in total. The number of rotatable bonds is 6. The second kappa shape index (κ2) is 12.7. The van der Waals surface area contributed by atoms with Gasteiger partial charge in [0.2, 0.25) is 0 Å². The van der Waals surface area contributed by atoms with Crippen molar-refractivity contribution in [2.45, 2.75) is 38.5 Å². The monoisotopic (exact) mass is 600 g/mol. The van der Waals surface area contributed by atoms with Gasteiger partial charge in [-0.1, -0.05) is 18.6 Å². The number of aryl methyl sites for hydroxylation is 3. The average molecular weight is 601 g/mol. The predicted octanol–water partition coefficient (Wildman–Crippen LogP) is 6.05. The van der Waals surface area contributed by atoms with Gasteiger partial charge in [-0.05, 0) is 81.6 Å². The van der Waals surface area contributed by atoms with Gasteiger partial charge in [0.15, 0.2) is 5.82 Å². The first-order valence-electron chi connectivity index (χ1n) is 14.9. The molecule has 8 nitrogen and oxygen atoms in total. The first-order chi connectivity index (χ1) is 20.9. The summed E-state index contributed by atoms with van der Waals surface area (Å²) in [5.74, 6) is -0.330. The number of anilines is 4. The summed E-state index contributed by atoms with van der Waals surface area (Å²) in [7, 11) is 3.77. The lowest BCUT2D eigenvalue weighted by Crippen LogP contribution is -2.28. The molecule has 10 heteroatoms. The molecule has 1 fully saturated rings. The third-order valence-electron chi connectivity index (χ3n) is 8.31. The van der Waals surface area contributed by atoms with Crippen molar-refractivity contribution in [3.05, 3.63) is 86.3 Å². The first-order valence-corrected chi connectivity index (χ1v) is 15.8. The van der Waals surface area contributed by atoms with Gasteiger partial charge in [-0.15, -0.1) is 11.3 Å². The molecular weight excluding hydrogens is 563 g/mol. The Labute approximate surface area is 255 Å². The van der Waals surface area contributed by atoms with E-state index in [1.807, 2.05) is 24.4 Å². The molecule has 0 spiro atoms. The van der Waals surface area contributed by atoms with Crippen LogP contribution >= 0.6 is 11.3 Å². The number of nitrogens with zero attached hydrogens (tertiary/aromatic N) is 4. The van der Waals surface area contributed by atoms with Crippen LogP contribution in [0.4, 0.5) is 27.3 Å². The molecule has 1 saturated heterocycles. The van der Waals surface area contributed by atoms with Gasteiger partial charge in [0.05, 0.1) is 22.4 Å². The summed E-state index contributed by atoms with van der Waals surface area (Å²) in [4.78, 5) is 37.2. The van der Waals surface area contributed by atoms with Gasteiger partial charge in [0.1, 0.15) is 11.5 Å². The van der Waals surface area contributed by atoms with Crippen LogP contribution in [0.5, 0.6) is 0 Å². The molecule has 3 aromatic heterocycles. The van der Waals surface area contributed by atoms with E-state index in [0.29, 0.717) is 16.3 Å². The first kappa shape index (κ1) is 29.1. The van der Waals surface area contributed by atoms with Crippen LogP contribution in [-0.2, 0) is 19.9 Å². The topological polar surface area (TPSA) is 82.5 Å². The number of nitrogens with one attached hydrogen (secondary N) is 2. The second-order valence-corrected chi connectivity index (χ2v) is 12.6. The summed E-state index contributed by atoms with van der Waals surface area (Å²) in [6.45, 7) is 3.99. The van der Waals surface area contributed by atoms with Crippen molar-refractivity contribution in [1.29, 1.82) is 0 Å². The molecule has 0 atom stereocenters. The Morgan fingerprint density at radius 3 is 2.65 bits per heavy atom. The third-order valence-corrected chi connectivity index (χ3v) is 9.54. The van der Waals surface area contributed by atoms with Crippen LogP contribution in [0.2, 0.25) is 0 Å². The highest BCUT2D eigenvalue weighted by Gasteiger charge is 2.20. The number of likely N-dealkylation sites (N-methyl/N-ethyl adjacent to an activating group) is 1. The van der Waals surface area contributed by atoms with Crippen LogP contribution in [-0.4, -0.2) is 53.6 Å². The molecule has 4 aromatic rings. The fourth-order valence-corrected chi connectivity index (χ4v) is 7.00. The minimum Gasteiger partial charge on any atom is -0.369 e. The lowest BCUT2D eigenvalue weighted by molar-refractivity contribution is 0.103.